The first kappa shape index (κ1) is 11.9. The van der Waals surface area contributed by atoms with E-state index in [0.717, 1.165) is 24.8 Å². The zero-order valence-corrected chi connectivity index (χ0v) is 10.1. The predicted octanol–water partition coefficient (Wildman–Crippen LogP) is 1.42. The van der Waals surface area contributed by atoms with Crippen molar-refractivity contribution in [2.75, 3.05) is 13.1 Å². The van der Waals surface area contributed by atoms with Gasteiger partial charge in [0, 0.05) is 37.8 Å². The summed E-state index contributed by atoms with van der Waals surface area (Å²) < 4.78 is 4.86. The SMILES string of the molecule is Cl.c1cc(CN2CCC3CCC(C2)N3)no1. The molecule has 1 N–H and O–H groups in total. The molecule has 2 saturated heterocycles. The molecule has 2 atom stereocenters. The molecule has 2 bridgehead atoms. The van der Waals surface area contributed by atoms with Crippen molar-refractivity contribution in [1.82, 2.24) is 15.4 Å². The van der Waals surface area contributed by atoms with Crippen molar-refractivity contribution in [2.45, 2.75) is 37.9 Å². The van der Waals surface area contributed by atoms with Crippen LogP contribution in [0.4, 0.5) is 0 Å². The molecule has 2 aliphatic heterocycles. The predicted molar refractivity (Wildman–Crippen MR) is 63.6 cm³/mol. The second kappa shape index (κ2) is 5.17. The molecule has 1 aromatic rings. The van der Waals surface area contributed by atoms with Gasteiger partial charge in [-0.25, -0.2) is 0 Å². The third-order valence-corrected chi connectivity index (χ3v) is 3.48. The number of hydrogen-bond acceptors (Lipinski definition) is 4. The van der Waals surface area contributed by atoms with Gasteiger partial charge in [0.25, 0.3) is 0 Å². The van der Waals surface area contributed by atoms with Crippen molar-refractivity contribution in [1.29, 1.82) is 0 Å². The average Bonchev–Trinajstić information content (AvgIpc) is 2.80. The van der Waals surface area contributed by atoms with Crippen LogP contribution >= 0.6 is 12.4 Å². The van der Waals surface area contributed by atoms with E-state index in [1.165, 1.54) is 25.8 Å². The van der Waals surface area contributed by atoms with E-state index in [1.807, 2.05) is 6.07 Å². The molecular weight excluding hydrogens is 226 g/mol. The van der Waals surface area contributed by atoms with E-state index in [1.54, 1.807) is 6.26 Å². The number of halogens is 1. The molecule has 2 aliphatic rings. The van der Waals surface area contributed by atoms with E-state index in [-0.39, 0.29) is 12.4 Å². The van der Waals surface area contributed by atoms with E-state index < -0.39 is 0 Å². The van der Waals surface area contributed by atoms with Gasteiger partial charge in [0.2, 0.25) is 0 Å². The van der Waals surface area contributed by atoms with Gasteiger partial charge in [-0.2, -0.15) is 0 Å². The zero-order valence-electron chi connectivity index (χ0n) is 9.26. The van der Waals surface area contributed by atoms with Gasteiger partial charge in [0.15, 0.2) is 0 Å². The fraction of sp³-hybridized carbons (Fsp3) is 0.727. The molecule has 0 saturated carbocycles. The Balaban J connectivity index is 0.000000963. The molecule has 90 valence electrons. The van der Waals surface area contributed by atoms with Crippen LogP contribution in [-0.4, -0.2) is 35.2 Å². The number of aromatic nitrogens is 1. The third-order valence-electron chi connectivity index (χ3n) is 3.48. The summed E-state index contributed by atoms with van der Waals surface area (Å²) in [5.74, 6) is 0. The average molecular weight is 244 g/mol. The van der Waals surface area contributed by atoms with Gasteiger partial charge < -0.3 is 9.84 Å². The maximum Gasteiger partial charge on any atom is 0.124 e. The Morgan fingerprint density at radius 3 is 3.06 bits per heavy atom. The second-order valence-corrected chi connectivity index (χ2v) is 4.65. The molecule has 0 radical (unpaired) electrons. The highest BCUT2D eigenvalue weighted by molar-refractivity contribution is 5.85. The first-order valence-electron chi connectivity index (χ1n) is 5.78. The smallest absolute Gasteiger partial charge is 0.124 e. The Bertz CT molecular complexity index is 317. The highest BCUT2D eigenvalue weighted by Gasteiger charge is 2.29. The van der Waals surface area contributed by atoms with Crippen molar-refractivity contribution >= 4 is 12.4 Å². The second-order valence-electron chi connectivity index (χ2n) is 4.65. The standard InChI is InChI=1S/C11H17N3O.ClH/c1-2-10-7-14(5-3-9(1)12-10)8-11-4-6-15-13-11;/h4,6,9-10,12H,1-3,5,7-8H2;1H. The summed E-state index contributed by atoms with van der Waals surface area (Å²) >= 11 is 0. The van der Waals surface area contributed by atoms with Crippen LogP contribution in [-0.2, 0) is 6.54 Å². The maximum atomic E-state index is 4.86. The van der Waals surface area contributed by atoms with Crippen molar-refractivity contribution < 1.29 is 4.52 Å². The summed E-state index contributed by atoms with van der Waals surface area (Å²) in [4.78, 5) is 2.48. The summed E-state index contributed by atoms with van der Waals surface area (Å²) in [6.07, 6.45) is 5.62. The van der Waals surface area contributed by atoms with Gasteiger partial charge in [-0.1, -0.05) is 5.16 Å². The lowest BCUT2D eigenvalue weighted by Gasteiger charge is -2.22. The van der Waals surface area contributed by atoms with Gasteiger partial charge in [-0.05, 0) is 19.3 Å². The molecule has 4 nitrogen and oxygen atoms in total. The molecule has 2 fully saturated rings. The van der Waals surface area contributed by atoms with Crippen LogP contribution in [0.3, 0.4) is 0 Å². The lowest BCUT2D eigenvalue weighted by atomic mass is 10.1. The fourth-order valence-corrected chi connectivity index (χ4v) is 2.71. The number of rotatable bonds is 2. The molecular formula is C11H18ClN3O. The molecule has 0 aromatic carbocycles. The highest BCUT2D eigenvalue weighted by atomic mass is 35.5. The van der Waals surface area contributed by atoms with E-state index >= 15 is 0 Å². The van der Waals surface area contributed by atoms with Gasteiger partial charge in [0.05, 0.1) is 5.69 Å². The number of hydrogen-bond donors (Lipinski definition) is 1. The number of fused-ring (bicyclic) bond motifs is 2. The molecule has 2 unspecified atom stereocenters. The van der Waals surface area contributed by atoms with E-state index in [9.17, 15) is 0 Å². The van der Waals surface area contributed by atoms with E-state index in [2.05, 4.69) is 15.4 Å². The molecule has 16 heavy (non-hydrogen) atoms. The summed E-state index contributed by atoms with van der Waals surface area (Å²) in [6, 6.07) is 3.41. The summed E-state index contributed by atoms with van der Waals surface area (Å²) in [6.45, 7) is 3.27. The number of nitrogens with one attached hydrogen (secondary N) is 1. The maximum absolute atomic E-state index is 4.86. The van der Waals surface area contributed by atoms with Gasteiger partial charge in [-0.15, -0.1) is 12.4 Å². The zero-order chi connectivity index (χ0) is 10.1. The molecule has 3 heterocycles. The van der Waals surface area contributed by atoms with Crippen LogP contribution in [0.25, 0.3) is 0 Å². The van der Waals surface area contributed by atoms with Crippen LogP contribution in [0.1, 0.15) is 25.0 Å². The van der Waals surface area contributed by atoms with Gasteiger partial charge in [-0.3, -0.25) is 4.90 Å². The van der Waals surface area contributed by atoms with Crippen LogP contribution < -0.4 is 5.32 Å². The quantitative estimate of drug-likeness (QED) is 0.853. The first-order chi connectivity index (χ1) is 7.40. The Labute approximate surface area is 102 Å². The van der Waals surface area contributed by atoms with Gasteiger partial charge >= 0.3 is 0 Å². The van der Waals surface area contributed by atoms with Crippen LogP contribution in [0.15, 0.2) is 16.9 Å². The van der Waals surface area contributed by atoms with Crippen LogP contribution in [0.5, 0.6) is 0 Å². The largest absolute Gasteiger partial charge is 0.364 e. The van der Waals surface area contributed by atoms with Crippen molar-refractivity contribution in [3.8, 4) is 0 Å². The topological polar surface area (TPSA) is 41.3 Å². The molecule has 1 aromatic heterocycles. The van der Waals surface area contributed by atoms with Crippen molar-refractivity contribution in [2.24, 2.45) is 0 Å². The fourth-order valence-electron chi connectivity index (χ4n) is 2.71. The minimum atomic E-state index is 0. The Hall–Kier alpha value is -0.580. The minimum Gasteiger partial charge on any atom is -0.364 e. The molecule has 0 aliphatic carbocycles. The first-order valence-corrected chi connectivity index (χ1v) is 5.78. The Morgan fingerprint density at radius 2 is 2.25 bits per heavy atom. The third kappa shape index (κ3) is 2.56. The lowest BCUT2D eigenvalue weighted by molar-refractivity contribution is 0.243. The van der Waals surface area contributed by atoms with Gasteiger partial charge in [0.1, 0.15) is 6.26 Å². The minimum absolute atomic E-state index is 0. The number of nitrogens with zero attached hydrogens (tertiary/aromatic N) is 2. The van der Waals surface area contributed by atoms with Crippen LogP contribution in [0.2, 0.25) is 0 Å². The molecule has 5 heteroatoms. The van der Waals surface area contributed by atoms with Crippen molar-refractivity contribution in [3.05, 3.63) is 18.0 Å². The van der Waals surface area contributed by atoms with E-state index in [4.69, 9.17) is 4.52 Å². The summed E-state index contributed by atoms with van der Waals surface area (Å²) in [5.41, 5.74) is 1.05. The van der Waals surface area contributed by atoms with E-state index in [0.29, 0.717) is 6.04 Å². The molecule has 0 amide bonds. The Kier molecular flexibility index (Phi) is 3.84. The summed E-state index contributed by atoms with van der Waals surface area (Å²) in [5, 5.41) is 7.64. The normalized spacial score (nSPS) is 29.8. The van der Waals surface area contributed by atoms with Crippen molar-refractivity contribution in [3.63, 3.8) is 0 Å². The van der Waals surface area contributed by atoms with Crippen LogP contribution in [0, 0.1) is 0 Å². The summed E-state index contributed by atoms with van der Waals surface area (Å²) in [7, 11) is 0. The Morgan fingerprint density at radius 1 is 1.38 bits per heavy atom. The molecule has 3 rings (SSSR count). The monoisotopic (exact) mass is 243 g/mol. The highest BCUT2D eigenvalue weighted by Crippen LogP contribution is 2.21. The number of likely N-dealkylation sites (tertiary alicyclic amines) is 1. The lowest BCUT2D eigenvalue weighted by Crippen LogP contribution is -2.35. The molecule has 0 spiro atoms.